The normalized spacial score (nSPS) is 12.7. The van der Waals surface area contributed by atoms with E-state index in [0.29, 0.717) is 65.9 Å². The molecule has 4 N–H and O–H groups in total. The van der Waals surface area contributed by atoms with Crippen LogP contribution in [-0.2, 0) is 39.0 Å². The summed E-state index contributed by atoms with van der Waals surface area (Å²) in [4.78, 5) is 2.48. The molecule has 0 saturated heterocycles. The van der Waals surface area contributed by atoms with E-state index < -0.39 is 25.1 Å². The van der Waals surface area contributed by atoms with Gasteiger partial charge in [-0.25, -0.2) is 10.5 Å². The predicted octanol–water partition coefficient (Wildman–Crippen LogP) is 7.54. The Balaban J connectivity index is 1.08. The lowest BCUT2D eigenvalue weighted by atomic mass is 10.1. The smallest absolute Gasteiger partial charge is 0.282 e. The molecule has 58 heavy (non-hydrogen) atoms. The maximum Gasteiger partial charge on any atom is 0.295 e. The third-order valence-electron chi connectivity index (χ3n) is 8.48. The van der Waals surface area contributed by atoms with Crippen molar-refractivity contribution >= 4 is 106 Å². The first-order chi connectivity index (χ1) is 27.9. The van der Waals surface area contributed by atoms with E-state index in [0.717, 1.165) is 33.8 Å². The summed E-state index contributed by atoms with van der Waals surface area (Å²) in [6.07, 6.45) is 2.96. The third-order valence-corrected chi connectivity index (χ3v) is 11.5. The van der Waals surface area contributed by atoms with Crippen LogP contribution in [0.3, 0.4) is 0 Å². The second kappa shape index (κ2) is 15.9. The van der Waals surface area contributed by atoms with Gasteiger partial charge in [-0.05, 0) is 75.2 Å². The van der Waals surface area contributed by atoms with E-state index in [1.54, 1.807) is 36.4 Å². The minimum Gasteiger partial charge on any atom is -0.282 e. The van der Waals surface area contributed by atoms with Crippen molar-refractivity contribution in [3.8, 4) is 5.69 Å². The Bertz CT molecular complexity index is 3190. The minimum atomic E-state index is -4.79. The zero-order valence-corrected chi connectivity index (χ0v) is 31.9. The number of nitrogens with zero attached hydrogens (tertiary/aromatic N) is 8. The van der Waals surface area contributed by atoms with Crippen molar-refractivity contribution in [1.82, 2.24) is 30.1 Å². The summed E-state index contributed by atoms with van der Waals surface area (Å²) in [6, 6.07) is 25.1. The molecule has 0 unspecified atom stereocenters. The lowest BCUT2D eigenvalue weighted by Crippen LogP contribution is -2.01. The molecule has 294 valence electrons. The van der Waals surface area contributed by atoms with E-state index in [9.17, 15) is 25.9 Å². The number of hydrogen-bond donors (Lipinski definition) is 4. The lowest BCUT2D eigenvalue weighted by molar-refractivity contribution is -0.432. The van der Waals surface area contributed by atoms with Crippen LogP contribution >= 0.6 is 24.1 Å². The van der Waals surface area contributed by atoms with E-state index in [1.165, 1.54) is 47.3 Å². The third kappa shape index (κ3) is 8.03. The van der Waals surface area contributed by atoms with Crippen LogP contribution in [0.5, 0.6) is 0 Å². The summed E-state index contributed by atoms with van der Waals surface area (Å²) >= 11 is 1.43. The molecule has 24 heteroatoms. The molecule has 0 radical (unpaired) electrons. The largest absolute Gasteiger partial charge is 0.295 e. The summed E-state index contributed by atoms with van der Waals surface area (Å²) in [5, 5.41) is 53.4. The minimum absolute atomic E-state index is 0.0229. The lowest BCUT2D eigenvalue weighted by Gasteiger charge is -2.08. The maximum atomic E-state index is 12.5. The molecule has 0 spiro atoms. The first-order valence-corrected chi connectivity index (χ1v) is 20.5. The van der Waals surface area contributed by atoms with Gasteiger partial charge in [0.2, 0.25) is 0 Å². The summed E-state index contributed by atoms with van der Waals surface area (Å²) in [5.41, 5.74) is 2.86. The summed E-state index contributed by atoms with van der Waals surface area (Å²) in [6.45, 7) is 0. The SMILES string of the molecule is O=S(=O)(O)c1ccc2c(ccc3nn(N=Nc4ccc(C=Cc5ccc(-n6nc7cc(SOOO)c8ccccc8c7n6)cc5SOOO)c(S(=O)(=O)O)c4)nc32)c1. The Morgan fingerprint density at radius 1 is 0.638 bits per heavy atom. The number of rotatable bonds is 13. The first-order valence-electron chi connectivity index (χ1n) is 16.1. The fourth-order valence-electron chi connectivity index (χ4n) is 5.95. The molecule has 0 aliphatic heterocycles. The Morgan fingerprint density at radius 3 is 2.12 bits per heavy atom. The monoisotopic (exact) mass is 862 g/mol. The molecule has 0 amide bonds. The Kier molecular flexibility index (Phi) is 10.7. The van der Waals surface area contributed by atoms with Gasteiger partial charge >= 0.3 is 0 Å². The molecule has 0 aliphatic rings. The molecule has 8 aromatic rings. The highest BCUT2D eigenvalue weighted by Gasteiger charge is 2.18. The van der Waals surface area contributed by atoms with Gasteiger partial charge in [0.25, 0.3) is 20.2 Å². The van der Waals surface area contributed by atoms with E-state index in [4.69, 9.17) is 14.8 Å². The van der Waals surface area contributed by atoms with Crippen LogP contribution < -0.4 is 0 Å². The molecule has 0 bridgehead atoms. The van der Waals surface area contributed by atoms with Crippen LogP contribution in [0, 0.1) is 0 Å². The summed E-state index contributed by atoms with van der Waals surface area (Å²) < 4.78 is 77.1. The molecule has 0 fully saturated rings. The van der Waals surface area contributed by atoms with E-state index >= 15 is 0 Å². The highest BCUT2D eigenvalue weighted by atomic mass is 32.2. The van der Waals surface area contributed by atoms with E-state index in [1.807, 2.05) is 24.3 Å². The van der Waals surface area contributed by atoms with Crippen LogP contribution in [0.4, 0.5) is 5.69 Å². The topological polar surface area (TPSA) is 272 Å². The van der Waals surface area contributed by atoms with E-state index in [2.05, 4.69) is 45.1 Å². The number of hydrogen-bond acceptors (Lipinski definition) is 18. The van der Waals surface area contributed by atoms with Crippen LogP contribution in [0.25, 0.3) is 61.5 Å². The van der Waals surface area contributed by atoms with Gasteiger partial charge in [-0.15, -0.1) is 34.2 Å². The zero-order chi connectivity index (χ0) is 40.6. The van der Waals surface area contributed by atoms with Crippen molar-refractivity contribution < 1.29 is 55.2 Å². The first kappa shape index (κ1) is 39.1. The Hall–Kier alpha value is -5.74. The van der Waals surface area contributed by atoms with Gasteiger partial charge < -0.3 is 0 Å². The van der Waals surface area contributed by atoms with Gasteiger partial charge in [0.1, 0.15) is 27.0 Å². The summed E-state index contributed by atoms with van der Waals surface area (Å²) in [7, 11) is -9.21. The molecule has 0 atom stereocenters. The molecule has 0 aliphatic carbocycles. The maximum absolute atomic E-state index is 12.5. The van der Waals surface area contributed by atoms with Crippen molar-refractivity contribution in [2.75, 3.05) is 0 Å². The van der Waals surface area contributed by atoms with Crippen LogP contribution in [0.2, 0.25) is 0 Å². The van der Waals surface area contributed by atoms with Crippen molar-refractivity contribution in [1.29, 1.82) is 0 Å². The van der Waals surface area contributed by atoms with Crippen molar-refractivity contribution in [3.05, 3.63) is 108 Å². The van der Waals surface area contributed by atoms with Gasteiger partial charge in [0.15, 0.2) is 0 Å². The zero-order valence-electron chi connectivity index (χ0n) is 28.7. The molecule has 2 heterocycles. The highest BCUT2D eigenvalue weighted by Crippen LogP contribution is 2.35. The average Bonchev–Trinajstić information content (AvgIpc) is 3.85. The van der Waals surface area contributed by atoms with Gasteiger partial charge in [-0.2, -0.15) is 21.6 Å². The van der Waals surface area contributed by atoms with Crippen molar-refractivity contribution in [2.24, 2.45) is 10.3 Å². The van der Waals surface area contributed by atoms with Gasteiger partial charge in [-0.1, -0.05) is 70.8 Å². The molecular formula is C34H22N8O12S4. The van der Waals surface area contributed by atoms with Gasteiger partial charge in [0.05, 0.1) is 40.4 Å². The quantitative estimate of drug-likeness (QED) is 0.0218. The number of aromatic nitrogens is 6. The molecular weight excluding hydrogens is 841 g/mol. The van der Waals surface area contributed by atoms with E-state index in [-0.39, 0.29) is 16.1 Å². The Morgan fingerprint density at radius 2 is 1.36 bits per heavy atom. The highest BCUT2D eigenvalue weighted by molar-refractivity contribution is 7.95. The van der Waals surface area contributed by atoms with Crippen LogP contribution in [0.15, 0.2) is 127 Å². The average molecular weight is 863 g/mol. The van der Waals surface area contributed by atoms with Gasteiger partial charge in [-0.3, -0.25) is 9.11 Å². The molecule has 2 aromatic heterocycles. The second-order valence-corrected chi connectivity index (χ2v) is 16.2. The number of benzene rings is 6. The van der Waals surface area contributed by atoms with Crippen molar-refractivity contribution in [2.45, 2.75) is 19.6 Å². The van der Waals surface area contributed by atoms with Crippen molar-refractivity contribution in [3.63, 3.8) is 0 Å². The number of fused-ring (bicyclic) bond motifs is 6. The fraction of sp³-hybridized carbons (Fsp3) is 0. The Labute approximate surface area is 333 Å². The molecule has 8 rings (SSSR count). The standard InChI is InChI=1S/C34H22N8O12S4/c43-51-53-55-30-17-23(41-36-29-18-31(56-54-52-44)26-3-1-2-4-27(26)34(29)38-41)11-8-19(30)5-6-20-7-10-22(16-32(20)58(48,49)50)35-40-42-37-28-14-9-21-15-24(57(45,46)47)12-13-25(21)33(28)39-42/h1-18,43-44H,(H,45,46,47)(H,48,49,50). The summed E-state index contributed by atoms with van der Waals surface area (Å²) in [5.74, 6) is 0. The molecule has 20 nitrogen and oxygen atoms in total. The molecule has 0 saturated carbocycles. The van der Waals surface area contributed by atoms with Gasteiger partial charge in [0, 0.05) is 25.9 Å². The second-order valence-electron chi connectivity index (χ2n) is 11.9. The van der Waals surface area contributed by atoms with Crippen LogP contribution in [0.1, 0.15) is 11.1 Å². The van der Waals surface area contributed by atoms with Crippen LogP contribution in [-0.4, -0.2) is 66.6 Å². The fourth-order valence-corrected chi connectivity index (χ4v) is 8.21. The molecule has 6 aromatic carbocycles. The predicted molar refractivity (Wildman–Crippen MR) is 208 cm³/mol.